The standard InChI is InChI=1S/C11H14N4OS2/c1-7(6-8-4-3-5-17-8)15(2)10(16)9-13-14-11(12)18-9/h3-5,7H,6H2,1-2H3,(H2,12,14). The Hall–Kier alpha value is -1.47. The largest absolute Gasteiger partial charge is 0.374 e. The number of anilines is 1. The first-order valence-electron chi connectivity index (χ1n) is 5.46. The number of nitrogens with two attached hydrogens (primary N) is 1. The van der Waals surface area contributed by atoms with Gasteiger partial charge in [-0.3, -0.25) is 4.79 Å². The first kappa shape index (κ1) is 13.0. The van der Waals surface area contributed by atoms with Gasteiger partial charge in [-0.1, -0.05) is 17.4 Å². The van der Waals surface area contributed by atoms with Gasteiger partial charge in [0.2, 0.25) is 10.1 Å². The molecule has 18 heavy (non-hydrogen) atoms. The van der Waals surface area contributed by atoms with Crippen molar-refractivity contribution < 1.29 is 4.79 Å². The Morgan fingerprint density at radius 1 is 1.56 bits per heavy atom. The number of aromatic nitrogens is 2. The number of hydrogen-bond donors (Lipinski definition) is 1. The highest BCUT2D eigenvalue weighted by Crippen LogP contribution is 2.17. The van der Waals surface area contributed by atoms with Crippen LogP contribution in [0.15, 0.2) is 17.5 Å². The van der Waals surface area contributed by atoms with Crippen LogP contribution in [0.4, 0.5) is 5.13 Å². The maximum atomic E-state index is 12.1. The van der Waals surface area contributed by atoms with Gasteiger partial charge in [-0.05, 0) is 18.4 Å². The van der Waals surface area contributed by atoms with Gasteiger partial charge in [0.15, 0.2) is 0 Å². The number of likely N-dealkylation sites (N-methyl/N-ethyl adjacent to an activating group) is 1. The molecule has 0 aliphatic carbocycles. The van der Waals surface area contributed by atoms with E-state index in [1.165, 1.54) is 4.88 Å². The van der Waals surface area contributed by atoms with Gasteiger partial charge in [0.1, 0.15) is 0 Å². The van der Waals surface area contributed by atoms with Crippen molar-refractivity contribution in [2.75, 3.05) is 12.8 Å². The van der Waals surface area contributed by atoms with E-state index in [9.17, 15) is 4.79 Å². The molecular weight excluding hydrogens is 268 g/mol. The van der Waals surface area contributed by atoms with Crippen LogP contribution in [0.1, 0.15) is 21.6 Å². The predicted molar refractivity (Wildman–Crippen MR) is 73.9 cm³/mol. The summed E-state index contributed by atoms with van der Waals surface area (Å²) in [5.74, 6) is -0.131. The summed E-state index contributed by atoms with van der Waals surface area (Å²) in [7, 11) is 1.78. The number of thiophene rings is 1. The Morgan fingerprint density at radius 3 is 2.89 bits per heavy atom. The molecule has 0 saturated heterocycles. The first-order chi connectivity index (χ1) is 8.58. The highest BCUT2D eigenvalue weighted by molar-refractivity contribution is 7.16. The third-order valence-corrected chi connectivity index (χ3v) is 4.32. The van der Waals surface area contributed by atoms with Crippen LogP contribution in [0.5, 0.6) is 0 Å². The van der Waals surface area contributed by atoms with E-state index in [-0.39, 0.29) is 11.9 Å². The Morgan fingerprint density at radius 2 is 2.33 bits per heavy atom. The van der Waals surface area contributed by atoms with E-state index in [1.807, 2.05) is 18.4 Å². The van der Waals surface area contributed by atoms with E-state index in [2.05, 4.69) is 16.3 Å². The number of hydrogen-bond acceptors (Lipinski definition) is 6. The number of carbonyl (C=O) groups excluding carboxylic acids is 1. The molecule has 1 amide bonds. The molecule has 2 rings (SSSR count). The van der Waals surface area contributed by atoms with E-state index >= 15 is 0 Å². The van der Waals surface area contributed by atoms with Gasteiger partial charge in [0.05, 0.1) is 0 Å². The van der Waals surface area contributed by atoms with E-state index in [0.717, 1.165) is 17.8 Å². The zero-order chi connectivity index (χ0) is 13.1. The molecule has 0 aliphatic heterocycles. The Balaban J connectivity index is 2.02. The number of carbonyl (C=O) groups is 1. The fourth-order valence-electron chi connectivity index (χ4n) is 1.53. The van der Waals surface area contributed by atoms with Gasteiger partial charge >= 0.3 is 0 Å². The summed E-state index contributed by atoms with van der Waals surface area (Å²) in [6.07, 6.45) is 0.841. The molecule has 2 heterocycles. The lowest BCUT2D eigenvalue weighted by molar-refractivity contribution is 0.0742. The topological polar surface area (TPSA) is 72.1 Å². The molecule has 1 unspecified atom stereocenters. The summed E-state index contributed by atoms with van der Waals surface area (Å²) in [5.41, 5.74) is 5.48. The van der Waals surface area contributed by atoms with Crippen molar-refractivity contribution in [1.82, 2.24) is 15.1 Å². The summed E-state index contributed by atoms with van der Waals surface area (Å²) in [5, 5.41) is 10.1. The van der Waals surface area contributed by atoms with Crippen molar-refractivity contribution in [3.63, 3.8) is 0 Å². The van der Waals surface area contributed by atoms with E-state index in [4.69, 9.17) is 5.73 Å². The van der Waals surface area contributed by atoms with Crippen molar-refractivity contribution in [3.8, 4) is 0 Å². The zero-order valence-electron chi connectivity index (χ0n) is 10.2. The molecule has 0 spiro atoms. The number of rotatable bonds is 4. The van der Waals surface area contributed by atoms with Crippen LogP contribution < -0.4 is 5.73 Å². The lowest BCUT2D eigenvalue weighted by atomic mass is 10.2. The zero-order valence-corrected chi connectivity index (χ0v) is 11.8. The van der Waals surface area contributed by atoms with Gasteiger partial charge < -0.3 is 10.6 Å². The van der Waals surface area contributed by atoms with Gasteiger partial charge in [-0.15, -0.1) is 21.5 Å². The van der Waals surface area contributed by atoms with Crippen LogP contribution in [-0.2, 0) is 6.42 Å². The molecule has 1 atom stereocenters. The molecule has 2 aromatic rings. The van der Waals surface area contributed by atoms with Gasteiger partial charge in [0, 0.05) is 24.4 Å². The van der Waals surface area contributed by atoms with E-state index in [0.29, 0.717) is 10.1 Å². The van der Waals surface area contributed by atoms with Crippen molar-refractivity contribution in [1.29, 1.82) is 0 Å². The summed E-state index contributed by atoms with van der Waals surface area (Å²) in [4.78, 5) is 15.1. The lowest BCUT2D eigenvalue weighted by Gasteiger charge is -2.23. The normalized spacial score (nSPS) is 12.3. The van der Waals surface area contributed by atoms with Crippen LogP contribution >= 0.6 is 22.7 Å². The third-order valence-electron chi connectivity index (χ3n) is 2.68. The van der Waals surface area contributed by atoms with Crippen LogP contribution in [0, 0.1) is 0 Å². The smallest absolute Gasteiger partial charge is 0.284 e. The molecule has 0 aromatic carbocycles. The Kier molecular flexibility index (Phi) is 3.93. The molecule has 0 aliphatic rings. The van der Waals surface area contributed by atoms with Crippen molar-refractivity contribution in [2.24, 2.45) is 0 Å². The van der Waals surface area contributed by atoms with Gasteiger partial charge in [-0.2, -0.15) is 0 Å². The van der Waals surface area contributed by atoms with Crippen LogP contribution in [0.25, 0.3) is 0 Å². The summed E-state index contributed by atoms with van der Waals surface area (Å²) < 4.78 is 0. The lowest BCUT2D eigenvalue weighted by Crippen LogP contribution is -2.36. The van der Waals surface area contributed by atoms with Crippen molar-refractivity contribution >= 4 is 33.7 Å². The highest BCUT2D eigenvalue weighted by atomic mass is 32.1. The SMILES string of the molecule is CC(Cc1cccs1)N(C)C(=O)c1nnc(N)s1. The molecule has 96 valence electrons. The second-order valence-corrected chi connectivity index (χ2v) is 6.04. The first-order valence-corrected chi connectivity index (χ1v) is 7.16. The van der Waals surface area contributed by atoms with Crippen LogP contribution in [0.3, 0.4) is 0 Å². The van der Waals surface area contributed by atoms with E-state index < -0.39 is 0 Å². The molecule has 0 saturated carbocycles. The second kappa shape index (κ2) is 5.45. The molecular formula is C11H14N4OS2. The minimum atomic E-state index is -0.131. The summed E-state index contributed by atoms with van der Waals surface area (Å²) in [6, 6.07) is 4.20. The molecule has 7 heteroatoms. The monoisotopic (exact) mass is 282 g/mol. The van der Waals surface area contributed by atoms with Crippen molar-refractivity contribution in [3.05, 3.63) is 27.4 Å². The third kappa shape index (κ3) is 2.85. The summed E-state index contributed by atoms with van der Waals surface area (Å²) in [6.45, 7) is 2.02. The van der Waals surface area contributed by atoms with Gasteiger partial charge in [0.25, 0.3) is 5.91 Å². The fourth-order valence-corrected chi connectivity index (χ4v) is 2.95. The number of amides is 1. The Labute approximate surface area is 113 Å². The van der Waals surface area contributed by atoms with E-state index in [1.54, 1.807) is 23.3 Å². The molecule has 0 radical (unpaired) electrons. The predicted octanol–water partition coefficient (Wildman–Crippen LogP) is 1.89. The van der Waals surface area contributed by atoms with Crippen molar-refractivity contribution in [2.45, 2.75) is 19.4 Å². The average Bonchev–Trinajstić information content (AvgIpc) is 2.98. The van der Waals surface area contributed by atoms with Gasteiger partial charge in [-0.25, -0.2) is 0 Å². The molecule has 2 N–H and O–H groups in total. The molecule has 2 aromatic heterocycles. The number of nitrogen functional groups attached to an aromatic ring is 1. The second-order valence-electron chi connectivity index (χ2n) is 3.99. The Bertz CT molecular complexity index is 523. The molecule has 5 nitrogen and oxygen atoms in total. The highest BCUT2D eigenvalue weighted by Gasteiger charge is 2.21. The minimum Gasteiger partial charge on any atom is -0.374 e. The quantitative estimate of drug-likeness (QED) is 0.929. The fraction of sp³-hybridized carbons (Fsp3) is 0.364. The number of nitrogens with zero attached hydrogens (tertiary/aromatic N) is 3. The minimum absolute atomic E-state index is 0.112. The summed E-state index contributed by atoms with van der Waals surface area (Å²) >= 11 is 2.81. The van der Waals surface area contributed by atoms with Crippen LogP contribution in [0.2, 0.25) is 0 Å². The molecule has 0 bridgehead atoms. The maximum Gasteiger partial charge on any atom is 0.284 e. The molecule has 0 fully saturated rings. The average molecular weight is 282 g/mol. The van der Waals surface area contributed by atoms with Crippen LogP contribution in [-0.4, -0.2) is 34.1 Å². The maximum absolute atomic E-state index is 12.1.